The molecule has 1 aromatic rings. The second-order valence-corrected chi connectivity index (χ2v) is 5.56. The Morgan fingerprint density at radius 1 is 1.47 bits per heavy atom. The smallest absolute Gasteiger partial charge is 0.343 e. The van der Waals surface area contributed by atoms with E-state index < -0.39 is 6.10 Å². The number of hydrogen-bond donors (Lipinski definition) is 3. The summed E-state index contributed by atoms with van der Waals surface area (Å²) in [6.07, 6.45) is -0.403. The first-order valence-electron chi connectivity index (χ1n) is 6.60. The third kappa shape index (κ3) is 4.07. The topological polar surface area (TPSA) is 86.2 Å². The number of thioether (sulfide) groups is 1. The molecular formula is C11H21N5O2S. The third-order valence-corrected chi connectivity index (χ3v) is 4.24. The number of piperazine rings is 1. The number of rotatable bonds is 6. The summed E-state index contributed by atoms with van der Waals surface area (Å²) >= 11 is 1.42. The first-order chi connectivity index (χ1) is 9.20. The van der Waals surface area contributed by atoms with Gasteiger partial charge in [-0.05, 0) is 6.92 Å². The van der Waals surface area contributed by atoms with Gasteiger partial charge in [0, 0.05) is 45.0 Å². The van der Waals surface area contributed by atoms with Crippen LogP contribution in [0.25, 0.3) is 0 Å². The average molecular weight is 287 g/mol. The lowest BCUT2D eigenvalue weighted by Crippen LogP contribution is -2.46. The molecule has 0 radical (unpaired) electrons. The maximum Gasteiger partial charge on any atom is 0.343 e. The second-order valence-electron chi connectivity index (χ2n) is 4.57. The molecule has 2 rings (SSSR count). The largest absolute Gasteiger partial charge is 0.391 e. The highest BCUT2D eigenvalue weighted by molar-refractivity contribution is 7.99. The van der Waals surface area contributed by atoms with Gasteiger partial charge in [-0.3, -0.25) is 9.47 Å². The summed E-state index contributed by atoms with van der Waals surface area (Å²) in [7, 11) is 0. The zero-order valence-corrected chi connectivity index (χ0v) is 11.9. The fourth-order valence-corrected chi connectivity index (χ4v) is 3.03. The van der Waals surface area contributed by atoms with Crippen LogP contribution in [0.3, 0.4) is 0 Å². The average Bonchev–Trinajstić information content (AvgIpc) is 2.78. The molecule has 1 aliphatic rings. The summed E-state index contributed by atoms with van der Waals surface area (Å²) in [5.74, 6) is 0.550. The van der Waals surface area contributed by atoms with Gasteiger partial charge in [0.05, 0.1) is 6.10 Å². The van der Waals surface area contributed by atoms with Crippen LogP contribution in [-0.2, 0) is 6.54 Å². The molecule has 3 N–H and O–H groups in total. The normalized spacial score (nSPS) is 18.6. The van der Waals surface area contributed by atoms with E-state index in [2.05, 4.69) is 20.4 Å². The van der Waals surface area contributed by atoms with Gasteiger partial charge in [0.2, 0.25) is 0 Å². The van der Waals surface area contributed by atoms with Gasteiger partial charge in [-0.15, -0.1) is 5.10 Å². The fourth-order valence-electron chi connectivity index (χ4n) is 2.11. The number of H-pyrrole nitrogens is 1. The number of aliphatic hydroxyl groups is 1. The van der Waals surface area contributed by atoms with E-state index in [1.54, 1.807) is 4.57 Å². The Bertz CT molecular complexity index is 441. The second kappa shape index (κ2) is 7.09. The number of aliphatic hydroxyl groups excluding tert-OH is 1. The number of hydrogen-bond acceptors (Lipinski definition) is 6. The van der Waals surface area contributed by atoms with Crippen molar-refractivity contribution in [3.8, 4) is 0 Å². The molecule has 0 spiro atoms. The third-order valence-electron chi connectivity index (χ3n) is 3.12. The van der Waals surface area contributed by atoms with Gasteiger partial charge in [0.25, 0.3) is 0 Å². The molecule has 19 heavy (non-hydrogen) atoms. The quantitative estimate of drug-likeness (QED) is 0.579. The van der Waals surface area contributed by atoms with E-state index in [1.165, 1.54) is 11.8 Å². The molecule has 2 heterocycles. The Morgan fingerprint density at radius 2 is 2.21 bits per heavy atom. The first kappa shape index (κ1) is 14.6. The van der Waals surface area contributed by atoms with E-state index in [9.17, 15) is 9.90 Å². The minimum atomic E-state index is -0.403. The molecule has 1 atom stereocenters. The van der Waals surface area contributed by atoms with E-state index >= 15 is 0 Å². The standard InChI is InChI=1S/C11H21N5O2S/c1-2-16-10(18)13-14-11(16)19-8-9(17)7-15-5-3-12-4-6-15/h9,12,17H,2-8H2,1H3,(H,13,18). The van der Waals surface area contributed by atoms with Gasteiger partial charge in [-0.2, -0.15) is 0 Å². The molecule has 108 valence electrons. The van der Waals surface area contributed by atoms with Gasteiger partial charge in [0.15, 0.2) is 5.16 Å². The van der Waals surface area contributed by atoms with Gasteiger partial charge in [-0.1, -0.05) is 11.8 Å². The highest BCUT2D eigenvalue weighted by atomic mass is 32.2. The summed E-state index contributed by atoms with van der Waals surface area (Å²) in [5.41, 5.74) is -0.193. The maximum absolute atomic E-state index is 11.4. The van der Waals surface area contributed by atoms with E-state index in [-0.39, 0.29) is 5.69 Å². The van der Waals surface area contributed by atoms with Gasteiger partial charge in [0.1, 0.15) is 0 Å². The van der Waals surface area contributed by atoms with Crippen LogP contribution in [-0.4, -0.2) is 69.4 Å². The van der Waals surface area contributed by atoms with Crippen molar-refractivity contribution in [2.75, 3.05) is 38.5 Å². The number of β-amino-alcohol motifs (C(OH)–C–C–N with tert-alkyl or cyclic N) is 1. The minimum absolute atomic E-state index is 0.193. The molecule has 0 aromatic carbocycles. The van der Waals surface area contributed by atoms with Crippen LogP contribution in [0, 0.1) is 0 Å². The zero-order chi connectivity index (χ0) is 13.7. The Labute approximate surface area is 116 Å². The molecule has 8 heteroatoms. The molecule has 1 saturated heterocycles. The zero-order valence-electron chi connectivity index (χ0n) is 11.1. The molecule has 0 saturated carbocycles. The fraction of sp³-hybridized carbons (Fsp3) is 0.818. The SMILES string of the molecule is CCn1c(SCC(O)CN2CCNCC2)n[nH]c1=O. The van der Waals surface area contributed by atoms with E-state index in [1.807, 2.05) is 6.92 Å². The van der Waals surface area contributed by atoms with Gasteiger partial charge in [-0.25, -0.2) is 9.89 Å². The number of nitrogens with zero attached hydrogens (tertiary/aromatic N) is 3. The molecule has 1 aliphatic heterocycles. The molecule has 0 aliphatic carbocycles. The molecule has 0 amide bonds. The molecule has 1 unspecified atom stereocenters. The number of aromatic nitrogens is 3. The molecule has 0 bridgehead atoms. The number of aromatic amines is 1. The summed E-state index contributed by atoms with van der Waals surface area (Å²) in [6.45, 7) is 7.08. The predicted molar refractivity (Wildman–Crippen MR) is 74.6 cm³/mol. The molecule has 1 aromatic heterocycles. The van der Waals surface area contributed by atoms with Crippen LogP contribution in [0.4, 0.5) is 0 Å². The van der Waals surface area contributed by atoms with Crippen molar-refractivity contribution in [2.24, 2.45) is 0 Å². The van der Waals surface area contributed by atoms with Gasteiger partial charge < -0.3 is 10.4 Å². The van der Waals surface area contributed by atoms with Crippen molar-refractivity contribution in [1.82, 2.24) is 25.0 Å². The Morgan fingerprint density at radius 3 is 2.89 bits per heavy atom. The lowest BCUT2D eigenvalue weighted by molar-refractivity contribution is 0.121. The number of nitrogens with one attached hydrogen (secondary N) is 2. The minimum Gasteiger partial charge on any atom is -0.391 e. The van der Waals surface area contributed by atoms with Crippen LogP contribution in [0.15, 0.2) is 9.95 Å². The highest BCUT2D eigenvalue weighted by Crippen LogP contribution is 2.14. The van der Waals surface area contributed by atoms with Gasteiger partial charge >= 0.3 is 5.69 Å². The molecule has 1 fully saturated rings. The predicted octanol–water partition coefficient (Wildman–Crippen LogP) is -1.05. The monoisotopic (exact) mass is 287 g/mol. The van der Waals surface area contributed by atoms with Crippen LogP contribution in [0.2, 0.25) is 0 Å². The van der Waals surface area contributed by atoms with Crippen LogP contribution >= 0.6 is 11.8 Å². The summed E-state index contributed by atoms with van der Waals surface area (Å²) in [5, 5.41) is 20.3. The van der Waals surface area contributed by atoms with Crippen molar-refractivity contribution in [3.05, 3.63) is 10.5 Å². The van der Waals surface area contributed by atoms with Crippen molar-refractivity contribution in [2.45, 2.75) is 24.7 Å². The Hall–Kier alpha value is -0.830. The van der Waals surface area contributed by atoms with Crippen LogP contribution in [0.5, 0.6) is 0 Å². The Balaban J connectivity index is 1.79. The first-order valence-corrected chi connectivity index (χ1v) is 7.58. The van der Waals surface area contributed by atoms with E-state index in [4.69, 9.17) is 0 Å². The van der Waals surface area contributed by atoms with Crippen LogP contribution < -0.4 is 11.0 Å². The molecule has 7 nitrogen and oxygen atoms in total. The van der Waals surface area contributed by atoms with Crippen molar-refractivity contribution >= 4 is 11.8 Å². The maximum atomic E-state index is 11.4. The Kier molecular flexibility index (Phi) is 5.44. The van der Waals surface area contributed by atoms with Crippen molar-refractivity contribution < 1.29 is 5.11 Å². The lowest BCUT2D eigenvalue weighted by Gasteiger charge is -2.28. The van der Waals surface area contributed by atoms with Crippen LogP contribution in [0.1, 0.15) is 6.92 Å². The van der Waals surface area contributed by atoms with E-state index in [0.29, 0.717) is 24.0 Å². The summed E-state index contributed by atoms with van der Waals surface area (Å²) in [6, 6.07) is 0. The van der Waals surface area contributed by atoms with E-state index in [0.717, 1.165) is 26.2 Å². The molecular weight excluding hydrogens is 266 g/mol. The van der Waals surface area contributed by atoms with Crippen molar-refractivity contribution in [3.63, 3.8) is 0 Å². The lowest BCUT2D eigenvalue weighted by atomic mass is 10.3. The van der Waals surface area contributed by atoms with Crippen molar-refractivity contribution in [1.29, 1.82) is 0 Å². The highest BCUT2D eigenvalue weighted by Gasteiger charge is 2.16. The summed E-state index contributed by atoms with van der Waals surface area (Å²) in [4.78, 5) is 13.6. The summed E-state index contributed by atoms with van der Waals surface area (Å²) < 4.78 is 1.57.